The van der Waals surface area contributed by atoms with Gasteiger partial charge in [0.05, 0.1) is 0 Å². The molecule has 5 rings (SSSR count). The number of nitrogens with zero attached hydrogens (tertiary/aromatic N) is 2. The summed E-state index contributed by atoms with van der Waals surface area (Å²) < 4.78 is 9.24. The van der Waals surface area contributed by atoms with Crippen LogP contribution < -0.4 is 0 Å². The molecule has 0 radical (unpaired) electrons. The lowest BCUT2D eigenvalue weighted by Crippen LogP contribution is -1.84. The van der Waals surface area contributed by atoms with Gasteiger partial charge < -0.3 is 4.42 Å². The zero-order valence-corrected chi connectivity index (χ0v) is 13.5. The third kappa shape index (κ3) is 1.74. The highest BCUT2D eigenvalue weighted by molar-refractivity contribution is 9.10. The first kappa shape index (κ1) is 12.0. The number of rotatable bonds is 1. The molecule has 0 spiro atoms. The molecular formula is C16H11BrN2OS. The average molecular weight is 359 g/mol. The van der Waals surface area contributed by atoms with Crippen molar-refractivity contribution in [1.29, 1.82) is 0 Å². The maximum absolute atomic E-state index is 5.94. The summed E-state index contributed by atoms with van der Waals surface area (Å²) in [5, 5.41) is 1.10. The SMILES string of the molecule is Brc1ccc2oc(-c3cn4c5c(sc4n3)CCC5)cc2c1. The highest BCUT2D eigenvalue weighted by Gasteiger charge is 2.20. The lowest BCUT2D eigenvalue weighted by atomic mass is 10.2. The van der Waals surface area contributed by atoms with Crippen LogP contribution in [-0.2, 0) is 12.8 Å². The van der Waals surface area contributed by atoms with E-state index in [0.29, 0.717) is 0 Å². The van der Waals surface area contributed by atoms with Crippen LogP contribution in [0.1, 0.15) is 17.0 Å². The monoisotopic (exact) mass is 358 g/mol. The maximum Gasteiger partial charge on any atom is 0.194 e. The van der Waals surface area contributed by atoms with Gasteiger partial charge in [-0.3, -0.25) is 4.40 Å². The Morgan fingerprint density at radius 2 is 2.19 bits per heavy atom. The molecule has 0 aliphatic heterocycles. The first-order valence-corrected chi connectivity index (χ1v) is 8.58. The van der Waals surface area contributed by atoms with Gasteiger partial charge in [0.15, 0.2) is 10.7 Å². The summed E-state index contributed by atoms with van der Waals surface area (Å²) in [6, 6.07) is 8.11. The maximum atomic E-state index is 5.94. The van der Waals surface area contributed by atoms with Crippen molar-refractivity contribution in [2.24, 2.45) is 0 Å². The molecule has 21 heavy (non-hydrogen) atoms. The van der Waals surface area contributed by atoms with E-state index in [1.807, 2.05) is 23.5 Å². The van der Waals surface area contributed by atoms with E-state index in [2.05, 4.69) is 38.7 Å². The molecule has 4 aromatic rings. The van der Waals surface area contributed by atoms with Gasteiger partial charge in [0.25, 0.3) is 0 Å². The fourth-order valence-electron chi connectivity index (χ4n) is 3.06. The molecule has 0 unspecified atom stereocenters. The van der Waals surface area contributed by atoms with E-state index < -0.39 is 0 Å². The second-order valence-electron chi connectivity index (χ2n) is 5.40. The molecule has 0 saturated carbocycles. The van der Waals surface area contributed by atoms with E-state index in [1.165, 1.54) is 23.4 Å². The van der Waals surface area contributed by atoms with Gasteiger partial charge in [0.2, 0.25) is 0 Å². The molecular weight excluding hydrogens is 348 g/mol. The van der Waals surface area contributed by atoms with E-state index in [1.54, 1.807) is 0 Å². The van der Waals surface area contributed by atoms with Crippen LogP contribution in [-0.4, -0.2) is 9.38 Å². The van der Waals surface area contributed by atoms with E-state index >= 15 is 0 Å². The Kier molecular flexibility index (Phi) is 2.41. The minimum Gasteiger partial charge on any atom is -0.454 e. The first-order valence-electron chi connectivity index (χ1n) is 6.97. The predicted octanol–water partition coefficient (Wildman–Crippen LogP) is 5.06. The van der Waals surface area contributed by atoms with Gasteiger partial charge in [-0.15, -0.1) is 11.3 Å². The van der Waals surface area contributed by atoms with Crippen LogP contribution in [0.3, 0.4) is 0 Å². The van der Waals surface area contributed by atoms with Crippen molar-refractivity contribution in [1.82, 2.24) is 9.38 Å². The molecule has 1 aliphatic rings. The lowest BCUT2D eigenvalue weighted by molar-refractivity contribution is 0.629. The highest BCUT2D eigenvalue weighted by atomic mass is 79.9. The molecule has 3 heterocycles. The number of fused-ring (bicyclic) bond motifs is 4. The van der Waals surface area contributed by atoms with E-state index in [4.69, 9.17) is 9.40 Å². The fourth-order valence-corrected chi connectivity index (χ4v) is 4.63. The van der Waals surface area contributed by atoms with E-state index in [-0.39, 0.29) is 0 Å². The molecule has 1 aliphatic carbocycles. The highest BCUT2D eigenvalue weighted by Crippen LogP contribution is 2.34. The van der Waals surface area contributed by atoms with Crippen molar-refractivity contribution in [2.45, 2.75) is 19.3 Å². The Hall–Kier alpha value is -1.59. The van der Waals surface area contributed by atoms with Crippen molar-refractivity contribution in [3.05, 3.63) is 45.5 Å². The third-order valence-electron chi connectivity index (χ3n) is 4.05. The number of hydrogen-bond donors (Lipinski definition) is 0. The minimum absolute atomic E-state index is 0.839. The standard InChI is InChI=1S/C16H11BrN2OS/c17-10-4-5-13-9(6-10)7-14(20-13)11-8-19-12-2-1-3-15(12)21-16(19)18-11/h4-8H,1-3H2. The smallest absolute Gasteiger partial charge is 0.194 e. The molecule has 0 fully saturated rings. The van der Waals surface area contributed by atoms with Crippen LogP contribution in [0.25, 0.3) is 27.4 Å². The first-order chi connectivity index (χ1) is 10.3. The number of benzene rings is 1. The second-order valence-corrected chi connectivity index (χ2v) is 7.37. The summed E-state index contributed by atoms with van der Waals surface area (Å²) in [6.07, 6.45) is 5.75. The third-order valence-corrected chi connectivity index (χ3v) is 5.70. The lowest BCUT2D eigenvalue weighted by Gasteiger charge is -1.90. The van der Waals surface area contributed by atoms with Crippen molar-refractivity contribution < 1.29 is 4.42 Å². The van der Waals surface area contributed by atoms with Crippen LogP contribution >= 0.6 is 27.3 Å². The Morgan fingerprint density at radius 1 is 1.24 bits per heavy atom. The number of aryl methyl sites for hydroxylation is 2. The van der Waals surface area contributed by atoms with Gasteiger partial charge in [-0.1, -0.05) is 15.9 Å². The number of halogens is 1. The topological polar surface area (TPSA) is 30.4 Å². The molecule has 0 atom stereocenters. The van der Waals surface area contributed by atoms with Crippen LogP contribution in [0.4, 0.5) is 0 Å². The second kappa shape index (κ2) is 4.21. The summed E-state index contributed by atoms with van der Waals surface area (Å²) in [7, 11) is 0. The van der Waals surface area contributed by atoms with Crippen molar-refractivity contribution in [3.63, 3.8) is 0 Å². The summed E-state index contributed by atoms with van der Waals surface area (Å²) in [4.78, 5) is 7.32. The van der Waals surface area contributed by atoms with Crippen molar-refractivity contribution >= 4 is 43.2 Å². The molecule has 0 amide bonds. The summed E-state index contributed by atoms with van der Waals surface area (Å²) in [6.45, 7) is 0. The molecule has 5 heteroatoms. The van der Waals surface area contributed by atoms with Crippen LogP contribution in [0.2, 0.25) is 0 Å². The minimum atomic E-state index is 0.839. The molecule has 3 nitrogen and oxygen atoms in total. The normalized spacial score (nSPS) is 14.3. The summed E-state index contributed by atoms with van der Waals surface area (Å²) in [5.41, 5.74) is 3.26. The van der Waals surface area contributed by atoms with E-state index in [9.17, 15) is 0 Å². The zero-order valence-electron chi connectivity index (χ0n) is 11.1. The van der Waals surface area contributed by atoms with Gasteiger partial charge in [-0.25, -0.2) is 4.98 Å². The van der Waals surface area contributed by atoms with Gasteiger partial charge >= 0.3 is 0 Å². The van der Waals surface area contributed by atoms with Crippen molar-refractivity contribution in [2.75, 3.05) is 0 Å². The Bertz CT molecular complexity index is 995. The molecule has 3 aromatic heterocycles. The predicted molar refractivity (Wildman–Crippen MR) is 88.0 cm³/mol. The van der Waals surface area contributed by atoms with Gasteiger partial charge in [-0.05, 0) is 43.5 Å². The zero-order chi connectivity index (χ0) is 14.0. The van der Waals surface area contributed by atoms with Crippen LogP contribution in [0.5, 0.6) is 0 Å². The number of imidazole rings is 1. The molecule has 104 valence electrons. The van der Waals surface area contributed by atoms with Gasteiger partial charge in [0, 0.05) is 26.6 Å². The Labute approximate surface area is 133 Å². The number of furan rings is 1. The number of thiazole rings is 1. The van der Waals surface area contributed by atoms with E-state index in [0.717, 1.165) is 38.3 Å². The van der Waals surface area contributed by atoms with Crippen molar-refractivity contribution in [3.8, 4) is 11.5 Å². The number of aromatic nitrogens is 2. The molecule has 0 N–H and O–H groups in total. The molecule has 0 bridgehead atoms. The number of hydrogen-bond acceptors (Lipinski definition) is 3. The fraction of sp³-hybridized carbons (Fsp3) is 0.188. The van der Waals surface area contributed by atoms with Crippen LogP contribution in [0, 0.1) is 0 Å². The van der Waals surface area contributed by atoms with Gasteiger partial charge in [0.1, 0.15) is 11.3 Å². The largest absolute Gasteiger partial charge is 0.454 e. The Balaban J connectivity index is 1.69. The quantitative estimate of drug-likeness (QED) is 0.476. The summed E-state index contributed by atoms with van der Waals surface area (Å²) >= 11 is 5.31. The Morgan fingerprint density at radius 3 is 3.14 bits per heavy atom. The van der Waals surface area contributed by atoms with Crippen LogP contribution in [0.15, 0.2) is 39.4 Å². The average Bonchev–Trinajstić information content (AvgIpc) is 3.15. The molecule has 1 aromatic carbocycles. The molecule has 0 saturated heterocycles. The van der Waals surface area contributed by atoms with Gasteiger partial charge in [-0.2, -0.15) is 0 Å². The summed E-state index contributed by atoms with van der Waals surface area (Å²) in [5.74, 6) is 0.839.